The zero-order chi connectivity index (χ0) is 23.8. The van der Waals surface area contributed by atoms with E-state index in [1.807, 2.05) is 0 Å². The van der Waals surface area contributed by atoms with Crippen molar-refractivity contribution in [1.29, 1.82) is 0 Å². The Kier molecular flexibility index (Phi) is 6.50. The van der Waals surface area contributed by atoms with Gasteiger partial charge in [0, 0.05) is 43.2 Å². The second-order valence-electron chi connectivity index (χ2n) is 7.79. The van der Waals surface area contributed by atoms with E-state index in [4.69, 9.17) is 4.74 Å². The lowest BCUT2D eigenvalue weighted by Gasteiger charge is -2.29. The Hall–Kier alpha value is -2.83. The third-order valence-corrected chi connectivity index (χ3v) is 8.23. The Balaban J connectivity index is 1.36. The molecule has 1 amide bonds. The van der Waals surface area contributed by atoms with Crippen LogP contribution < -0.4 is 10.1 Å². The first kappa shape index (κ1) is 23.3. The zero-order valence-corrected chi connectivity index (χ0v) is 20.0. The van der Waals surface area contributed by atoms with E-state index >= 15 is 0 Å². The second kappa shape index (κ2) is 9.20. The number of nitrogens with one attached hydrogen (secondary N) is 1. The summed E-state index contributed by atoms with van der Waals surface area (Å²) in [6, 6.07) is 4.55. The number of rotatable bonds is 6. The summed E-state index contributed by atoms with van der Waals surface area (Å²) in [5.41, 5.74) is 1.12. The lowest BCUT2D eigenvalue weighted by molar-refractivity contribution is -0.120. The first-order chi connectivity index (χ1) is 15.7. The van der Waals surface area contributed by atoms with Crippen LogP contribution in [0.3, 0.4) is 0 Å². The van der Waals surface area contributed by atoms with Gasteiger partial charge < -0.3 is 14.6 Å². The minimum Gasteiger partial charge on any atom is -0.494 e. The third-order valence-electron chi connectivity index (χ3n) is 5.70. The van der Waals surface area contributed by atoms with E-state index in [2.05, 4.69) is 15.3 Å². The minimum atomic E-state index is -3.69. The van der Waals surface area contributed by atoms with Crippen molar-refractivity contribution in [2.45, 2.75) is 24.8 Å². The fraction of sp³-hybridized carbons (Fsp3) is 0.381. The zero-order valence-electron chi connectivity index (χ0n) is 18.4. The summed E-state index contributed by atoms with van der Waals surface area (Å²) >= 11 is 1.24. The molecule has 0 radical (unpaired) electrons. The van der Waals surface area contributed by atoms with Crippen molar-refractivity contribution < 1.29 is 22.3 Å². The lowest BCUT2D eigenvalue weighted by atomic mass is 9.97. The number of aromatic nitrogens is 3. The van der Waals surface area contributed by atoms with Gasteiger partial charge in [0.2, 0.25) is 5.91 Å². The van der Waals surface area contributed by atoms with Crippen molar-refractivity contribution in [1.82, 2.24) is 18.8 Å². The molecule has 4 rings (SSSR count). The van der Waals surface area contributed by atoms with Crippen molar-refractivity contribution in [2.24, 2.45) is 13.0 Å². The number of benzene rings is 1. The van der Waals surface area contributed by atoms with Crippen LogP contribution in [0.5, 0.6) is 5.75 Å². The predicted molar refractivity (Wildman–Crippen MR) is 122 cm³/mol. The summed E-state index contributed by atoms with van der Waals surface area (Å²) in [4.78, 5) is 21.2. The SMILES string of the molecule is COc1ccc(-c2csc(NC(=O)C3CCN(S(=O)(=O)c4cn(C)c(C)n4)CC3)n2)cc1F. The highest BCUT2D eigenvalue weighted by Gasteiger charge is 2.33. The average Bonchev–Trinajstić information content (AvgIpc) is 3.40. The standard InChI is InChI=1S/C21H24FN5O4S2/c1-13-23-19(11-26(13)2)33(29,30)27-8-6-14(7-9-27)20(28)25-21-24-17(12-32-21)15-4-5-18(31-3)16(22)10-15/h4-5,10-12,14H,6-9H2,1-3H3,(H,24,25,28). The molecule has 0 aliphatic carbocycles. The largest absolute Gasteiger partial charge is 0.494 e. The molecule has 1 aliphatic rings. The van der Waals surface area contributed by atoms with Gasteiger partial charge in [-0.3, -0.25) is 4.79 Å². The van der Waals surface area contributed by atoms with E-state index in [9.17, 15) is 17.6 Å². The number of imidazole rings is 1. The average molecular weight is 494 g/mol. The molecule has 0 spiro atoms. The maximum Gasteiger partial charge on any atom is 0.262 e. The number of carbonyl (C=O) groups is 1. The molecule has 1 aliphatic heterocycles. The second-order valence-corrected chi connectivity index (χ2v) is 10.5. The number of halogens is 1. The molecule has 12 heteroatoms. The number of thiazole rings is 1. The molecule has 9 nitrogen and oxygen atoms in total. The Morgan fingerprint density at radius 3 is 2.61 bits per heavy atom. The number of ether oxygens (including phenoxy) is 1. The van der Waals surface area contributed by atoms with Crippen molar-refractivity contribution in [2.75, 3.05) is 25.5 Å². The molecule has 1 saturated heterocycles. The van der Waals surface area contributed by atoms with E-state index in [0.29, 0.717) is 35.1 Å². The Morgan fingerprint density at radius 1 is 1.27 bits per heavy atom. The smallest absolute Gasteiger partial charge is 0.262 e. The van der Waals surface area contributed by atoms with Gasteiger partial charge in [0.1, 0.15) is 5.82 Å². The molecule has 3 heterocycles. The summed E-state index contributed by atoms with van der Waals surface area (Å²) in [6.07, 6.45) is 2.30. The van der Waals surface area contributed by atoms with Gasteiger partial charge >= 0.3 is 0 Å². The summed E-state index contributed by atoms with van der Waals surface area (Å²) in [5.74, 6) is -0.261. The van der Waals surface area contributed by atoms with Gasteiger partial charge in [-0.25, -0.2) is 22.8 Å². The van der Waals surface area contributed by atoms with Gasteiger partial charge in [-0.2, -0.15) is 4.31 Å². The molecular weight excluding hydrogens is 469 g/mol. The number of piperidine rings is 1. The summed E-state index contributed by atoms with van der Waals surface area (Å²) in [5, 5.41) is 4.97. The number of anilines is 1. The van der Waals surface area contributed by atoms with Crippen LogP contribution in [0.25, 0.3) is 11.3 Å². The quantitative estimate of drug-likeness (QED) is 0.566. The van der Waals surface area contributed by atoms with Gasteiger partial charge in [-0.05, 0) is 38.0 Å². The highest BCUT2D eigenvalue weighted by molar-refractivity contribution is 7.89. The molecule has 1 fully saturated rings. The number of carbonyl (C=O) groups excluding carboxylic acids is 1. The highest BCUT2D eigenvalue weighted by atomic mass is 32.2. The summed E-state index contributed by atoms with van der Waals surface area (Å²) in [7, 11) is -0.548. The molecule has 1 aromatic carbocycles. The molecule has 33 heavy (non-hydrogen) atoms. The molecule has 0 saturated carbocycles. The topological polar surface area (TPSA) is 106 Å². The Labute approximate surface area is 195 Å². The van der Waals surface area contributed by atoms with E-state index in [1.54, 1.807) is 30.0 Å². The molecular formula is C21H24FN5O4S2. The van der Waals surface area contributed by atoms with E-state index in [0.717, 1.165) is 0 Å². The van der Waals surface area contributed by atoms with Crippen LogP contribution >= 0.6 is 11.3 Å². The van der Waals surface area contributed by atoms with Crippen LogP contribution in [0.15, 0.2) is 34.8 Å². The molecule has 3 aromatic rings. The number of sulfonamides is 1. The number of hydrogen-bond acceptors (Lipinski definition) is 7. The van der Waals surface area contributed by atoms with Gasteiger partial charge in [0.15, 0.2) is 21.7 Å². The van der Waals surface area contributed by atoms with E-state index in [1.165, 1.54) is 41.1 Å². The first-order valence-electron chi connectivity index (χ1n) is 10.3. The predicted octanol–water partition coefficient (Wildman–Crippen LogP) is 3.04. The fourth-order valence-corrected chi connectivity index (χ4v) is 5.86. The van der Waals surface area contributed by atoms with E-state index < -0.39 is 15.8 Å². The highest BCUT2D eigenvalue weighted by Crippen LogP contribution is 2.30. The molecule has 0 atom stereocenters. The van der Waals surface area contributed by atoms with Crippen LogP contribution in [0.2, 0.25) is 0 Å². The van der Waals surface area contributed by atoms with Gasteiger partial charge in [0.25, 0.3) is 10.0 Å². The maximum atomic E-state index is 14.0. The van der Waals surface area contributed by atoms with Crippen LogP contribution in [0.4, 0.5) is 9.52 Å². The van der Waals surface area contributed by atoms with Gasteiger partial charge in [-0.15, -0.1) is 11.3 Å². The van der Waals surface area contributed by atoms with Crippen LogP contribution in [-0.4, -0.2) is 53.4 Å². The number of methoxy groups -OCH3 is 1. The van der Waals surface area contributed by atoms with Crippen LogP contribution in [0, 0.1) is 18.7 Å². The minimum absolute atomic E-state index is 0.0238. The third kappa shape index (κ3) is 4.77. The summed E-state index contributed by atoms with van der Waals surface area (Å²) < 4.78 is 47.6. The van der Waals surface area contributed by atoms with Crippen molar-refractivity contribution in [3.8, 4) is 17.0 Å². The van der Waals surface area contributed by atoms with Crippen molar-refractivity contribution >= 4 is 32.4 Å². The van der Waals surface area contributed by atoms with Gasteiger partial charge in [0.05, 0.1) is 12.8 Å². The van der Waals surface area contributed by atoms with Crippen LogP contribution in [0.1, 0.15) is 18.7 Å². The summed E-state index contributed by atoms with van der Waals surface area (Å²) in [6.45, 7) is 2.22. The Morgan fingerprint density at radius 2 is 2.00 bits per heavy atom. The molecule has 1 N–H and O–H groups in total. The maximum absolute atomic E-state index is 14.0. The molecule has 2 aromatic heterocycles. The van der Waals surface area contributed by atoms with Gasteiger partial charge in [-0.1, -0.05) is 0 Å². The van der Waals surface area contributed by atoms with Crippen molar-refractivity contribution in [3.63, 3.8) is 0 Å². The van der Waals surface area contributed by atoms with Crippen molar-refractivity contribution in [3.05, 3.63) is 41.4 Å². The number of hydrogen-bond donors (Lipinski definition) is 1. The van der Waals surface area contributed by atoms with Crippen LogP contribution in [-0.2, 0) is 21.9 Å². The number of amides is 1. The molecule has 176 valence electrons. The number of nitrogens with zero attached hydrogens (tertiary/aromatic N) is 4. The molecule has 0 unspecified atom stereocenters. The monoisotopic (exact) mass is 493 g/mol. The molecule has 0 bridgehead atoms. The normalized spacial score (nSPS) is 15.5. The number of aryl methyl sites for hydroxylation is 2. The van der Waals surface area contributed by atoms with E-state index in [-0.39, 0.29) is 35.7 Å². The lowest BCUT2D eigenvalue weighted by Crippen LogP contribution is -2.41. The fourth-order valence-electron chi connectivity index (χ4n) is 3.64. The first-order valence-corrected chi connectivity index (χ1v) is 12.6. The Bertz CT molecular complexity index is 1260.